The Morgan fingerprint density at radius 3 is 2.29 bits per heavy atom. The first-order valence-corrected chi connectivity index (χ1v) is 16.5. The van der Waals surface area contributed by atoms with Crippen molar-refractivity contribution in [3.05, 3.63) is 64.8 Å². The Hall–Kier alpha value is -0.460. The number of rotatable bonds is 2. The Kier molecular flexibility index (Phi) is 4.14. The van der Waals surface area contributed by atoms with E-state index in [9.17, 15) is 0 Å². The van der Waals surface area contributed by atoms with E-state index in [-0.39, 0.29) is 5.43 Å². The van der Waals surface area contributed by atoms with Gasteiger partial charge in [-0.2, -0.15) is 0 Å². The predicted molar refractivity (Wildman–Crippen MR) is 91.1 cm³/mol. The van der Waals surface area contributed by atoms with E-state index < -0.39 is 20.4 Å². The van der Waals surface area contributed by atoms with Crippen LogP contribution in [0.1, 0.15) is 27.7 Å². The zero-order chi connectivity index (χ0) is 15.3. The second kappa shape index (κ2) is 5.63. The molecular formula is C19H24SiZr. The zero-order valence-electron chi connectivity index (χ0n) is 14.0. The van der Waals surface area contributed by atoms with Gasteiger partial charge >= 0.3 is 137 Å². The fraction of sp³-hybridized carbons (Fsp3) is 0.368. The van der Waals surface area contributed by atoms with Gasteiger partial charge < -0.3 is 0 Å². The van der Waals surface area contributed by atoms with Gasteiger partial charge in [-0.1, -0.05) is 0 Å². The predicted octanol–water partition coefficient (Wildman–Crippen LogP) is 5.44. The summed E-state index contributed by atoms with van der Waals surface area (Å²) < 4.78 is 3.65. The summed E-state index contributed by atoms with van der Waals surface area (Å²) >= 11 is -1.73. The summed E-state index contributed by atoms with van der Waals surface area (Å²) in [5.41, 5.74) is 7.60. The molecule has 21 heavy (non-hydrogen) atoms. The molecule has 1 unspecified atom stereocenters. The van der Waals surface area contributed by atoms with Gasteiger partial charge in [-0.05, 0) is 0 Å². The Morgan fingerprint density at radius 2 is 1.71 bits per heavy atom. The molecule has 0 aromatic rings. The van der Waals surface area contributed by atoms with E-state index in [1.165, 1.54) is 5.57 Å². The monoisotopic (exact) mass is 370 g/mol. The first kappa shape index (κ1) is 15.4. The second-order valence-electron chi connectivity index (χ2n) is 6.59. The summed E-state index contributed by atoms with van der Waals surface area (Å²) in [4.78, 5) is 0. The molecule has 0 bridgehead atoms. The third-order valence-electron chi connectivity index (χ3n) is 5.25. The fourth-order valence-electron chi connectivity index (χ4n) is 3.76. The van der Waals surface area contributed by atoms with E-state index in [2.05, 4.69) is 71.2 Å². The van der Waals surface area contributed by atoms with Gasteiger partial charge in [0.05, 0.1) is 0 Å². The SMILES string of the molecule is CC1=C(C)C(C)[C]([Zr]([C]2=CC=C3C=CC=C32)=[Si](C)C)=C1C. The number of hydrogen-bond donors (Lipinski definition) is 0. The molecule has 0 aromatic heterocycles. The van der Waals surface area contributed by atoms with Crippen LogP contribution in [0.15, 0.2) is 64.8 Å². The van der Waals surface area contributed by atoms with Crippen molar-refractivity contribution >= 4 is 5.43 Å². The van der Waals surface area contributed by atoms with E-state index in [1.54, 1.807) is 25.6 Å². The van der Waals surface area contributed by atoms with E-state index in [4.69, 9.17) is 0 Å². The Morgan fingerprint density at radius 1 is 1.00 bits per heavy atom. The summed E-state index contributed by atoms with van der Waals surface area (Å²) in [5, 5.41) is 0. The van der Waals surface area contributed by atoms with Crippen LogP contribution in [0, 0.1) is 5.92 Å². The van der Waals surface area contributed by atoms with Crippen LogP contribution in [-0.4, -0.2) is 5.43 Å². The van der Waals surface area contributed by atoms with Crippen LogP contribution >= 0.6 is 0 Å². The summed E-state index contributed by atoms with van der Waals surface area (Å²) in [6, 6.07) is 0. The molecule has 0 nitrogen and oxygen atoms in total. The zero-order valence-corrected chi connectivity index (χ0v) is 17.4. The molecule has 0 saturated carbocycles. The van der Waals surface area contributed by atoms with Gasteiger partial charge in [-0.3, -0.25) is 0 Å². The standard InChI is InChI=1S/C9H13.C8H5.C2H6Si.Zr/c1-6-5-7(2)9(4)8(6)3;1-3-7-5-2-6-8(7)4-1;1-3-2;/h6H,1-4H3;1-5H;1-2H3;. The molecule has 0 aromatic carbocycles. The average molecular weight is 372 g/mol. The van der Waals surface area contributed by atoms with E-state index in [0.29, 0.717) is 5.92 Å². The molecule has 3 aliphatic carbocycles. The molecule has 0 amide bonds. The molecule has 2 heteroatoms. The summed E-state index contributed by atoms with van der Waals surface area (Å²) in [5.74, 6) is 0.694. The topological polar surface area (TPSA) is 0 Å². The van der Waals surface area contributed by atoms with Crippen molar-refractivity contribution in [2.45, 2.75) is 40.8 Å². The van der Waals surface area contributed by atoms with Gasteiger partial charge in [0.1, 0.15) is 0 Å². The van der Waals surface area contributed by atoms with E-state index in [1.807, 2.05) is 3.28 Å². The minimum atomic E-state index is -1.73. The van der Waals surface area contributed by atoms with Crippen molar-refractivity contribution in [3.8, 4) is 0 Å². The van der Waals surface area contributed by atoms with Gasteiger partial charge in [-0.25, -0.2) is 0 Å². The molecule has 0 radical (unpaired) electrons. The summed E-state index contributed by atoms with van der Waals surface area (Å²) in [7, 11) is 0. The van der Waals surface area contributed by atoms with Crippen molar-refractivity contribution in [2.24, 2.45) is 5.92 Å². The van der Waals surface area contributed by atoms with E-state index >= 15 is 0 Å². The number of hydrogen-bond acceptors (Lipinski definition) is 0. The Balaban J connectivity index is 2.11. The molecule has 0 saturated heterocycles. The van der Waals surface area contributed by atoms with Crippen molar-refractivity contribution < 1.29 is 20.4 Å². The van der Waals surface area contributed by atoms with Crippen LogP contribution in [0.25, 0.3) is 0 Å². The molecule has 0 fully saturated rings. The first-order valence-electron chi connectivity index (χ1n) is 7.81. The third-order valence-corrected chi connectivity index (χ3v) is 22.5. The summed E-state index contributed by atoms with van der Waals surface area (Å²) in [6.07, 6.45) is 11.6. The van der Waals surface area contributed by atoms with Crippen molar-refractivity contribution in [3.63, 3.8) is 0 Å². The number of fused-ring (bicyclic) bond motifs is 1. The van der Waals surface area contributed by atoms with Gasteiger partial charge in [-0.15, -0.1) is 0 Å². The van der Waals surface area contributed by atoms with Crippen LogP contribution in [0.2, 0.25) is 13.1 Å². The first-order chi connectivity index (χ1) is 9.93. The number of allylic oxidation sites excluding steroid dienone is 12. The minimum absolute atomic E-state index is 0.246. The molecule has 3 aliphatic rings. The summed E-state index contributed by atoms with van der Waals surface area (Å²) in [6.45, 7) is 14.6. The van der Waals surface area contributed by atoms with Crippen molar-refractivity contribution in [1.29, 1.82) is 0 Å². The fourth-order valence-corrected chi connectivity index (χ4v) is 22.0. The average Bonchev–Trinajstić information content (AvgIpc) is 3.08. The van der Waals surface area contributed by atoms with Crippen LogP contribution in [0.3, 0.4) is 0 Å². The maximum atomic E-state index is 2.55. The molecule has 1 atom stereocenters. The van der Waals surface area contributed by atoms with Gasteiger partial charge in [0, 0.05) is 0 Å². The van der Waals surface area contributed by atoms with Gasteiger partial charge in [0.25, 0.3) is 0 Å². The molecule has 0 spiro atoms. The Bertz CT molecular complexity index is 744. The van der Waals surface area contributed by atoms with Crippen molar-refractivity contribution in [2.75, 3.05) is 0 Å². The Labute approximate surface area is 136 Å². The van der Waals surface area contributed by atoms with E-state index in [0.717, 1.165) is 0 Å². The van der Waals surface area contributed by atoms with Crippen LogP contribution < -0.4 is 0 Å². The van der Waals surface area contributed by atoms with Gasteiger partial charge in [0.2, 0.25) is 0 Å². The quantitative estimate of drug-likeness (QED) is 0.567. The van der Waals surface area contributed by atoms with Gasteiger partial charge in [0.15, 0.2) is 0 Å². The molecule has 108 valence electrons. The van der Waals surface area contributed by atoms with Crippen LogP contribution in [0.4, 0.5) is 0 Å². The molecule has 0 heterocycles. The van der Waals surface area contributed by atoms with Crippen molar-refractivity contribution in [1.82, 2.24) is 0 Å². The molecule has 0 N–H and O–H groups in total. The molecule has 3 rings (SSSR count). The molecule has 0 aliphatic heterocycles. The normalized spacial score (nSPS) is 23.5. The molecular weight excluding hydrogens is 348 g/mol. The maximum absolute atomic E-state index is 2.55. The van der Waals surface area contributed by atoms with Crippen LogP contribution in [-0.2, 0) is 20.4 Å². The van der Waals surface area contributed by atoms with Crippen LogP contribution in [0.5, 0.6) is 0 Å². The second-order valence-corrected chi connectivity index (χ2v) is 23.4. The third kappa shape index (κ3) is 2.35.